The molecule has 0 aliphatic heterocycles. The summed E-state index contributed by atoms with van der Waals surface area (Å²) in [5.41, 5.74) is 2.04. The monoisotopic (exact) mass is 206 g/mol. The topological polar surface area (TPSA) is 29.5 Å². The molecule has 0 aromatic heterocycles. The molecule has 0 saturated heterocycles. The zero-order valence-electron chi connectivity index (χ0n) is 9.42. The summed E-state index contributed by atoms with van der Waals surface area (Å²) < 4.78 is 5.25. The third-order valence-corrected chi connectivity index (χ3v) is 3.03. The standard InChI is InChI=1S/C13H18O2/c1-3-10-6-11(8-12(7-10)15-2)9-13(14)4-5-13/h6-8,14H,3-5,9H2,1-2H3. The van der Waals surface area contributed by atoms with E-state index in [1.165, 1.54) is 11.1 Å². The second-order valence-electron chi connectivity index (χ2n) is 4.44. The van der Waals surface area contributed by atoms with Crippen LogP contribution in [0.2, 0.25) is 0 Å². The quantitative estimate of drug-likeness (QED) is 0.819. The van der Waals surface area contributed by atoms with E-state index in [0.29, 0.717) is 0 Å². The largest absolute Gasteiger partial charge is 0.497 e. The van der Waals surface area contributed by atoms with Gasteiger partial charge in [-0.25, -0.2) is 0 Å². The molecular weight excluding hydrogens is 188 g/mol. The highest BCUT2D eigenvalue weighted by atomic mass is 16.5. The second-order valence-corrected chi connectivity index (χ2v) is 4.44. The summed E-state index contributed by atoms with van der Waals surface area (Å²) in [6, 6.07) is 6.24. The molecule has 15 heavy (non-hydrogen) atoms. The maximum atomic E-state index is 9.87. The molecule has 0 atom stereocenters. The van der Waals surface area contributed by atoms with Crippen molar-refractivity contribution in [3.8, 4) is 5.75 Å². The lowest BCUT2D eigenvalue weighted by Crippen LogP contribution is -2.10. The van der Waals surface area contributed by atoms with Crippen LogP contribution >= 0.6 is 0 Å². The Bertz CT molecular complexity index is 331. The van der Waals surface area contributed by atoms with Crippen LogP contribution in [0.4, 0.5) is 0 Å². The number of aryl methyl sites for hydroxylation is 1. The average molecular weight is 206 g/mol. The minimum absolute atomic E-state index is 0.419. The SMILES string of the molecule is CCc1cc(CC2(O)CC2)cc(OC)c1. The summed E-state index contributed by atoms with van der Waals surface area (Å²) in [7, 11) is 1.68. The molecule has 1 aromatic carbocycles. The van der Waals surface area contributed by atoms with Gasteiger partial charge in [0.25, 0.3) is 0 Å². The van der Waals surface area contributed by atoms with Crippen LogP contribution in [0, 0.1) is 0 Å². The number of methoxy groups -OCH3 is 1. The van der Waals surface area contributed by atoms with Crippen LogP contribution in [0.25, 0.3) is 0 Å². The normalized spacial score (nSPS) is 17.5. The summed E-state index contributed by atoms with van der Waals surface area (Å²) in [5, 5.41) is 9.87. The maximum Gasteiger partial charge on any atom is 0.119 e. The smallest absolute Gasteiger partial charge is 0.119 e. The van der Waals surface area contributed by atoms with Crippen LogP contribution in [-0.2, 0) is 12.8 Å². The third kappa shape index (κ3) is 2.51. The Morgan fingerprint density at radius 2 is 1.93 bits per heavy atom. The predicted octanol–water partition coefficient (Wildman–Crippen LogP) is 2.33. The second kappa shape index (κ2) is 3.86. The fourth-order valence-corrected chi connectivity index (χ4v) is 1.85. The van der Waals surface area contributed by atoms with Gasteiger partial charge in [-0.15, -0.1) is 0 Å². The lowest BCUT2D eigenvalue weighted by molar-refractivity contribution is 0.151. The molecule has 1 aliphatic carbocycles. The summed E-state index contributed by atoms with van der Waals surface area (Å²) in [6.45, 7) is 2.13. The number of aliphatic hydroxyl groups is 1. The summed E-state index contributed by atoms with van der Waals surface area (Å²) in [6.07, 6.45) is 3.64. The van der Waals surface area contributed by atoms with Crippen molar-refractivity contribution in [2.75, 3.05) is 7.11 Å². The molecule has 2 heteroatoms. The number of rotatable bonds is 4. The van der Waals surface area contributed by atoms with Crippen LogP contribution < -0.4 is 4.74 Å². The predicted molar refractivity (Wildman–Crippen MR) is 60.3 cm³/mol. The van der Waals surface area contributed by atoms with Gasteiger partial charge >= 0.3 is 0 Å². The molecule has 0 spiro atoms. The number of ether oxygens (including phenoxy) is 1. The molecule has 1 fully saturated rings. The van der Waals surface area contributed by atoms with Gasteiger partial charge in [-0.1, -0.05) is 13.0 Å². The van der Waals surface area contributed by atoms with Crippen molar-refractivity contribution in [2.45, 2.75) is 38.2 Å². The number of hydrogen-bond acceptors (Lipinski definition) is 2. The Morgan fingerprint density at radius 1 is 1.27 bits per heavy atom. The fourth-order valence-electron chi connectivity index (χ4n) is 1.85. The summed E-state index contributed by atoms with van der Waals surface area (Å²) in [5.74, 6) is 0.897. The van der Waals surface area contributed by atoms with Crippen LogP contribution in [0.5, 0.6) is 5.75 Å². The highest BCUT2D eigenvalue weighted by Gasteiger charge is 2.40. The average Bonchev–Trinajstić information content (AvgIpc) is 2.95. The Hall–Kier alpha value is -1.02. The molecule has 82 valence electrons. The Morgan fingerprint density at radius 3 is 2.47 bits per heavy atom. The summed E-state index contributed by atoms with van der Waals surface area (Å²) in [4.78, 5) is 0. The van der Waals surface area contributed by atoms with Gasteiger partial charge < -0.3 is 9.84 Å². The van der Waals surface area contributed by atoms with E-state index in [2.05, 4.69) is 19.1 Å². The molecular formula is C13H18O2. The Balaban J connectivity index is 2.21. The molecule has 2 rings (SSSR count). The molecule has 0 radical (unpaired) electrons. The van der Waals surface area contributed by atoms with Crippen molar-refractivity contribution in [2.24, 2.45) is 0 Å². The fraction of sp³-hybridized carbons (Fsp3) is 0.538. The van der Waals surface area contributed by atoms with Crippen molar-refractivity contribution in [3.05, 3.63) is 29.3 Å². The van der Waals surface area contributed by atoms with Crippen LogP contribution in [0.1, 0.15) is 30.9 Å². The minimum Gasteiger partial charge on any atom is -0.497 e. The molecule has 1 saturated carbocycles. The van der Waals surface area contributed by atoms with E-state index < -0.39 is 5.60 Å². The lowest BCUT2D eigenvalue weighted by Gasteiger charge is -2.11. The van der Waals surface area contributed by atoms with E-state index in [9.17, 15) is 5.11 Å². The zero-order chi connectivity index (χ0) is 10.9. The maximum absolute atomic E-state index is 9.87. The first kappa shape index (κ1) is 10.5. The Labute approximate surface area is 90.9 Å². The minimum atomic E-state index is -0.419. The highest BCUT2D eigenvalue weighted by molar-refractivity contribution is 5.35. The van der Waals surface area contributed by atoms with Crippen LogP contribution in [-0.4, -0.2) is 17.8 Å². The van der Waals surface area contributed by atoms with E-state index >= 15 is 0 Å². The molecule has 0 unspecified atom stereocenters. The molecule has 2 nitrogen and oxygen atoms in total. The molecule has 0 heterocycles. The van der Waals surface area contributed by atoms with Gasteiger partial charge in [0.15, 0.2) is 0 Å². The van der Waals surface area contributed by atoms with E-state index in [1.807, 2.05) is 6.07 Å². The highest BCUT2D eigenvalue weighted by Crippen LogP contribution is 2.38. The van der Waals surface area contributed by atoms with Gasteiger partial charge in [0, 0.05) is 6.42 Å². The van der Waals surface area contributed by atoms with Crippen molar-refractivity contribution in [3.63, 3.8) is 0 Å². The van der Waals surface area contributed by atoms with Gasteiger partial charge in [-0.05, 0) is 42.5 Å². The van der Waals surface area contributed by atoms with Gasteiger partial charge in [0.1, 0.15) is 5.75 Å². The van der Waals surface area contributed by atoms with E-state index in [0.717, 1.165) is 31.4 Å². The molecule has 0 amide bonds. The van der Waals surface area contributed by atoms with E-state index in [-0.39, 0.29) is 0 Å². The van der Waals surface area contributed by atoms with Gasteiger partial charge in [-0.3, -0.25) is 0 Å². The van der Waals surface area contributed by atoms with E-state index in [4.69, 9.17) is 4.74 Å². The first-order chi connectivity index (χ1) is 7.15. The van der Waals surface area contributed by atoms with Gasteiger partial charge in [-0.2, -0.15) is 0 Å². The van der Waals surface area contributed by atoms with Gasteiger partial charge in [0.2, 0.25) is 0 Å². The Kier molecular flexibility index (Phi) is 2.70. The van der Waals surface area contributed by atoms with Crippen molar-refractivity contribution >= 4 is 0 Å². The summed E-state index contributed by atoms with van der Waals surface area (Å²) >= 11 is 0. The van der Waals surface area contributed by atoms with Crippen LogP contribution in [0.3, 0.4) is 0 Å². The number of benzene rings is 1. The zero-order valence-corrected chi connectivity index (χ0v) is 9.42. The first-order valence-electron chi connectivity index (χ1n) is 5.54. The van der Waals surface area contributed by atoms with Crippen molar-refractivity contribution in [1.82, 2.24) is 0 Å². The number of hydrogen-bond donors (Lipinski definition) is 1. The first-order valence-corrected chi connectivity index (χ1v) is 5.54. The van der Waals surface area contributed by atoms with Gasteiger partial charge in [0.05, 0.1) is 12.7 Å². The van der Waals surface area contributed by atoms with E-state index in [1.54, 1.807) is 7.11 Å². The van der Waals surface area contributed by atoms with Crippen molar-refractivity contribution < 1.29 is 9.84 Å². The molecule has 1 aromatic rings. The molecule has 1 N–H and O–H groups in total. The third-order valence-electron chi connectivity index (χ3n) is 3.03. The lowest BCUT2D eigenvalue weighted by atomic mass is 10.0. The molecule has 1 aliphatic rings. The van der Waals surface area contributed by atoms with Crippen LogP contribution in [0.15, 0.2) is 18.2 Å². The van der Waals surface area contributed by atoms with Crippen molar-refractivity contribution in [1.29, 1.82) is 0 Å². The molecule has 0 bridgehead atoms.